The number of aliphatic hydroxyl groups is 1. The molecule has 2 saturated heterocycles. The second-order valence-corrected chi connectivity index (χ2v) is 7.84. The van der Waals surface area contributed by atoms with Crippen molar-refractivity contribution in [3.05, 3.63) is 35.9 Å². The number of nitrogens with one attached hydrogen (secondary N) is 2. The topological polar surface area (TPSA) is 64.6 Å². The number of hydrogen-bond donors (Lipinski definition) is 3. The van der Waals surface area contributed by atoms with Gasteiger partial charge in [-0.3, -0.25) is 4.79 Å². The number of nitrogens with zero attached hydrogens (tertiary/aromatic N) is 1. The molecule has 1 aromatic carbocycles. The van der Waals surface area contributed by atoms with Gasteiger partial charge in [0.05, 0.1) is 0 Å². The summed E-state index contributed by atoms with van der Waals surface area (Å²) in [5.41, 5.74) is 0.0774. The molecule has 1 atom stereocenters. The van der Waals surface area contributed by atoms with Gasteiger partial charge in [-0.25, -0.2) is 0 Å². The summed E-state index contributed by atoms with van der Waals surface area (Å²) in [5.74, 6) is 0.565. The Bertz CT molecular complexity index is 560. The molecular weight excluding hydrogens is 326 g/mol. The molecule has 0 bridgehead atoms. The van der Waals surface area contributed by atoms with Crippen LogP contribution in [0.5, 0.6) is 0 Å². The first-order valence-electron chi connectivity index (χ1n) is 10.1. The van der Waals surface area contributed by atoms with E-state index in [2.05, 4.69) is 22.8 Å². The van der Waals surface area contributed by atoms with E-state index in [0.29, 0.717) is 18.9 Å². The van der Waals surface area contributed by atoms with Gasteiger partial charge in [-0.15, -0.1) is 0 Å². The summed E-state index contributed by atoms with van der Waals surface area (Å²) in [7, 11) is 0. The van der Waals surface area contributed by atoms with E-state index in [0.717, 1.165) is 52.0 Å². The lowest BCUT2D eigenvalue weighted by Crippen LogP contribution is -2.58. The summed E-state index contributed by atoms with van der Waals surface area (Å²) >= 11 is 0. The predicted molar refractivity (Wildman–Crippen MR) is 104 cm³/mol. The van der Waals surface area contributed by atoms with Crippen LogP contribution in [0.15, 0.2) is 30.3 Å². The van der Waals surface area contributed by atoms with Crippen molar-refractivity contribution in [2.24, 2.45) is 5.92 Å². The Hall–Kier alpha value is -1.43. The molecule has 5 heteroatoms. The highest BCUT2D eigenvalue weighted by Crippen LogP contribution is 2.23. The van der Waals surface area contributed by atoms with Crippen molar-refractivity contribution in [1.82, 2.24) is 15.5 Å². The maximum Gasteiger partial charge on any atom is 0.255 e. The summed E-state index contributed by atoms with van der Waals surface area (Å²) in [6.07, 6.45) is 5.70. The smallest absolute Gasteiger partial charge is 0.255 e. The molecule has 3 rings (SSSR count). The Morgan fingerprint density at radius 1 is 1.23 bits per heavy atom. The summed E-state index contributed by atoms with van der Waals surface area (Å²) in [5, 5.41) is 17.6. The van der Waals surface area contributed by atoms with Gasteiger partial charge in [0.25, 0.3) is 5.91 Å². The van der Waals surface area contributed by atoms with E-state index < -0.39 is 5.60 Å². The quantitative estimate of drug-likeness (QED) is 0.659. The van der Waals surface area contributed by atoms with E-state index in [1.54, 1.807) is 0 Å². The van der Waals surface area contributed by atoms with Crippen LogP contribution in [0.4, 0.5) is 0 Å². The van der Waals surface area contributed by atoms with Gasteiger partial charge in [-0.1, -0.05) is 30.3 Å². The van der Waals surface area contributed by atoms with Crippen LogP contribution in [0.1, 0.15) is 37.7 Å². The average molecular weight is 360 g/mol. The molecule has 0 aromatic heterocycles. The zero-order valence-corrected chi connectivity index (χ0v) is 15.8. The van der Waals surface area contributed by atoms with Crippen LogP contribution in [0, 0.1) is 5.92 Å². The fraction of sp³-hybridized carbons (Fsp3) is 0.667. The van der Waals surface area contributed by atoms with E-state index in [1.807, 2.05) is 23.1 Å². The molecule has 2 aliphatic heterocycles. The van der Waals surface area contributed by atoms with Crippen LogP contribution in [-0.2, 0) is 11.2 Å². The largest absolute Gasteiger partial charge is 0.379 e. The van der Waals surface area contributed by atoms with Crippen LogP contribution in [-0.4, -0.2) is 60.8 Å². The number of benzene rings is 1. The van der Waals surface area contributed by atoms with Crippen LogP contribution in [0.3, 0.4) is 0 Å². The zero-order valence-electron chi connectivity index (χ0n) is 15.8. The number of piperidine rings is 2. The Labute approximate surface area is 157 Å². The van der Waals surface area contributed by atoms with Crippen molar-refractivity contribution in [3.8, 4) is 0 Å². The molecular formula is C21H33N3O2. The lowest BCUT2D eigenvalue weighted by atomic mass is 9.90. The highest BCUT2D eigenvalue weighted by molar-refractivity contribution is 5.86. The van der Waals surface area contributed by atoms with Crippen molar-refractivity contribution >= 4 is 5.91 Å². The van der Waals surface area contributed by atoms with Crippen LogP contribution >= 0.6 is 0 Å². The number of amides is 1. The monoisotopic (exact) mass is 359 g/mol. The van der Waals surface area contributed by atoms with Gasteiger partial charge in [0, 0.05) is 19.6 Å². The number of rotatable bonds is 8. The van der Waals surface area contributed by atoms with Crippen molar-refractivity contribution in [2.75, 3.05) is 39.3 Å². The molecule has 0 radical (unpaired) electrons. The molecule has 0 saturated carbocycles. The van der Waals surface area contributed by atoms with Crippen molar-refractivity contribution in [1.29, 1.82) is 0 Å². The minimum atomic E-state index is -1.22. The fourth-order valence-corrected chi connectivity index (χ4v) is 4.13. The van der Waals surface area contributed by atoms with Gasteiger partial charge in [-0.2, -0.15) is 0 Å². The Kier molecular flexibility index (Phi) is 7.06. The molecule has 2 aliphatic rings. The third-order valence-corrected chi connectivity index (χ3v) is 5.75. The first-order chi connectivity index (χ1) is 12.7. The molecule has 2 heterocycles. The first kappa shape index (κ1) is 19.3. The van der Waals surface area contributed by atoms with Crippen molar-refractivity contribution < 1.29 is 9.90 Å². The summed E-state index contributed by atoms with van der Waals surface area (Å²) < 4.78 is 0. The van der Waals surface area contributed by atoms with Gasteiger partial charge in [0.2, 0.25) is 0 Å². The van der Waals surface area contributed by atoms with E-state index in [1.165, 1.54) is 18.4 Å². The Morgan fingerprint density at radius 2 is 2.00 bits per heavy atom. The van der Waals surface area contributed by atoms with Crippen LogP contribution < -0.4 is 10.6 Å². The maximum atomic E-state index is 12.8. The number of aryl methyl sites for hydroxylation is 1. The predicted octanol–water partition coefficient (Wildman–Crippen LogP) is 1.56. The highest BCUT2D eigenvalue weighted by atomic mass is 16.3. The van der Waals surface area contributed by atoms with Gasteiger partial charge in [0.1, 0.15) is 0 Å². The van der Waals surface area contributed by atoms with E-state index >= 15 is 0 Å². The molecule has 0 unspecified atom stereocenters. The lowest BCUT2D eigenvalue weighted by molar-refractivity contribution is -0.156. The molecule has 26 heavy (non-hydrogen) atoms. The standard InChI is InChI=1S/C21H33N3O2/c25-20-21(26,17-23-16-19-9-12-22-13-10-19)11-5-15-24(20)14-4-8-18-6-2-1-3-7-18/h1-3,6-7,19,22-23,26H,4-5,8-17H2/t21-/m0/s1. The first-order valence-corrected chi connectivity index (χ1v) is 10.1. The highest BCUT2D eigenvalue weighted by Gasteiger charge is 2.41. The van der Waals surface area contributed by atoms with Crippen LogP contribution in [0.2, 0.25) is 0 Å². The fourth-order valence-electron chi connectivity index (χ4n) is 4.13. The van der Waals surface area contributed by atoms with Gasteiger partial charge in [-0.05, 0) is 69.6 Å². The molecule has 0 aliphatic carbocycles. The third kappa shape index (κ3) is 5.29. The molecule has 3 N–H and O–H groups in total. The lowest BCUT2D eigenvalue weighted by Gasteiger charge is -2.38. The van der Waals surface area contributed by atoms with Gasteiger partial charge >= 0.3 is 0 Å². The average Bonchev–Trinajstić information content (AvgIpc) is 2.67. The Morgan fingerprint density at radius 3 is 2.77 bits per heavy atom. The molecule has 1 amide bonds. The number of carbonyl (C=O) groups excluding carboxylic acids is 1. The number of hydrogen-bond acceptors (Lipinski definition) is 4. The molecule has 2 fully saturated rings. The maximum absolute atomic E-state index is 12.8. The Balaban J connectivity index is 1.43. The van der Waals surface area contributed by atoms with Crippen LogP contribution in [0.25, 0.3) is 0 Å². The second kappa shape index (κ2) is 9.49. The third-order valence-electron chi connectivity index (χ3n) is 5.75. The molecule has 5 nitrogen and oxygen atoms in total. The SMILES string of the molecule is O=C1N(CCCc2ccccc2)CCC[C@]1(O)CNCC1CCNCC1. The summed E-state index contributed by atoms with van der Waals surface area (Å²) in [4.78, 5) is 14.7. The minimum Gasteiger partial charge on any atom is -0.379 e. The summed E-state index contributed by atoms with van der Waals surface area (Å²) in [6, 6.07) is 10.4. The van der Waals surface area contributed by atoms with E-state index in [-0.39, 0.29) is 5.91 Å². The number of likely N-dealkylation sites (tertiary alicyclic amines) is 1. The summed E-state index contributed by atoms with van der Waals surface area (Å²) in [6.45, 7) is 4.92. The normalized spacial score (nSPS) is 24.8. The molecule has 0 spiro atoms. The second-order valence-electron chi connectivity index (χ2n) is 7.84. The van der Waals surface area contributed by atoms with Gasteiger partial charge < -0.3 is 20.6 Å². The van der Waals surface area contributed by atoms with Crippen molar-refractivity contribution in [3.63, 3.8) is 0 Å². The zero-order chi connectivity index (χ0) is 18.2. The van der Waals surface area contributed by atoms with E-state index in [4.69, 9.17) is 0 Å². The van der Waals surface area contributed by atoms with E-state index in [9.17, 15) is 9.90 Å². The number of carbonyl (C=O) groups is 1. The van der Waals surface area contributed by atoms with Gasteiger partial charge in [0.15, 0.2) is 5.60 Å². The van der Waals surface area contributed by atoms with Crippen molar-refractivity contribution in [2.45, 2.75) is 44.1 Å². The molecule has 1 aromatic rings. The minimum absolute atomic E-state index is 0.0883. The molecule has 144 valence electrons.